The third-order valence-electron chi connectivity index (χ3n) is 7.26. The molecular weight excluding hydrogens is 300 g/mol. The average molecular weight is 330 g/mol. The summed E-state index contributed by atoms with van der Waals surface area (Å²) in [4.78, 5) is 0. The Balaban J connectivity index is 1.58. The van der Waals surface area contributed by atoms with Gasteiger partial charge in [0.15, 0.2) is 0 Å². The van der Waals surface area contributed by atoms with Crippen LogP contribution in [0.25, 0.3) is 0 Å². The molecule has 2 saturated carbocycles. The van der Waals surface area contributed by atoms with Gasteiger partial charge in [-0.2, -0.15) is 0 Å². The maximum atomic E-state index is 9.11. The van der Waals surface area contributed by atoms with Gasteiger partial charge in [-0.1, -0.05) is 13.0 Å². The lowest BCUT2D eigenvalue weighted by molar-refractivity contribution is -0.0710. The van der Waals surface area contributed by atoms with Crippen LogP contribution in [0.15, 0.2) is 18.2 Å². The van der Waals surface area contributed by atoms with Gasteiger partial charge >= 0.3 is 0 Å². The summed E-state index contributed by atoms with van der Waals surface area (Å²) in [5.41, 5.74) is 3.39. The predicted octanol–water partition coefficient (Wildman–Crippen LogP) is 3.93. The van der Waals surface area contributed by atoms with Crippen LogP contribution in [0.4, 0.5) is 0 Å². The van der Waals surface area contributed by atoms with Crippen LogP contribution >= 0.6 is 0 Å². The molecule has 0 amide bonds. The molecule has 0 heterocycles. The summed E-state index contributed by atoms with van der Waals surface area (Å²) >= 11 is 0. The molecule has 3 aliphatic carbocycles. The van der Waals surface area contributed by atoms with Gasteiger partial charge in [0.1, 0.15) is 5.75 Å². The van der Waals surface area contributed by atoms with Crippen molar-refractivity contribution in [2.45, 2.75) is 57.5 Å². The van der Waals surface area contributed by atoms with Gasteiger partial charge in [0.05, 0.1) is 26.4 Å². The van der Waals surface area contributed by atoms with Gasteiger partial charge in [0.25, 0.3) is 0 Å². The Morgan fingerprint density at radius 3 is 2.88 bits per heavy atom. The molecule has 5 atom stereocenters. The highest BCUT2D eigenvalue weighted by Gasteiger charge is 2.55. The Morgan fingerprint density at radius 2 is 2.08 bits per heavy atom. The standard InChI is InChI=1S/C21H30O3/c1-21-10-9-17-16-6-4-15(23-2)13-14(16)3-5-18(17)19(21)7-8-20(21)24-12-11-22/h4,6,13,17-20,22H,3,5,7-12H2,1-2H3. The molecular formula is C21H30O3. The van der Waals surface area contributed by atoms with Crippen LogP contribution in [-0.2, 0) is 11.2 Å². The van der Waals surface area contributed by atoms with Crippen LogP contribution < -0.4 is 4.74 Å². The Bertz CT molecular complexity index is 599. The maximum absolute atomic E-state index is 9.11. The first-order chi connectivity index (χ1) is 11.7. The highest BCUT2D eigenvalue weighted by Crippen LogP contribution is 2.61. The van der Waals surface area contributed by atoms with E-state index >= 15 is 0 Å². The van der Waals surface area contributed by atoms with E-state index in [1.165, 1.54) is 44.1 Å². The van der Waals surface area contributed by atoms with E-state index < -0.39 is 0 Å². The zero-order valence-electron chi connectivity index (χ0n) is 15.0. The minimum atomic E-state index is 0.137. The van der Waals surface area contributed by atoms with Crippen molar-refractivity contribution >= 4 is 0 Å². The second-order valence-corrected chi connectivity index (χ2v) is 8.19. The van der Waals surface area contributed by atoms with Crippen molar-refractivity contribution in [3.8, 4) is 5.75 Å². The van der Waals surface area contributed by atoms with Crippen LogP contribution in [0.2, 0.25) is 0 Å². The number of aliphatic hydroxyl groups is 1. The highest BCUT2D eigenvalue weighted by atomic mass is 16.5. The molecule has 132 valence electrons. The second kappa shape index (κ2) is 6.34. The molecule has 24 heavy (non-hydrogen) atoms. The topological polar surface area (TPSA) is 38.7 Å². The fourth-order valence-electron chi connectivity index (χ4n) is 6.11. The normalized spacial score (nSPS) is 37.5. The first-order valence-electron chi connectivity index (χ1n) is 9.56. The largest absolute Gasteiger partial charge is 0.497 e. The molecule has 3 aliphatic rings. The van der Waals surface area contributed by atoms with Crippen molar-refractivity contribution in [3.63, 3.8) is 0 Å². The number of hydrogen-bond acceptors (Lipinski definition) is 3. The second-order valence-electron chi connectivity index (χ2n) is 8.19. The van der Waals surface area contributed by atoms with E-state index in [0.29, 0.717) is 24.0 Å². The molecule has 1 N–H and O–H groups in total. The molecule has 1 aromatic rings. The lowest BCUT2D eigenvalue weighted by atomic mass is 9.55. The van der Waals surface area contributed by atoms with Gasteiger partial charge in [-0.05, 0) is 85.0 Å². The summed E-state index contributed by atoms with van der Waals surface area (Å²) in [6.07, 6.45) is 7.81. The van der Waals surface area contributed by atoms with Gasteiger partial charge in [0.2, 0.25) is 0 Å². The average Bonchev–Trinajstić information content (AvgIpc) is 2.95. The number of methoxy groups -OCH3 is 1. The first-order valence-corrected chi connectivity index (χ1v) is 9.56. The molecule has 2 fully saturated rings. The van der Waals surface area contributed by atoms with E-state index in [1.807, 2.05) is 0 Å². The molecule has 0 aliphatic heterocycles. The molecule has 3 nitrogen and oxygen atoms in total. The third kappa shape index (κ3) is 2.48. The molecule has 0 spiro atoms. The Morgan fingerprint density at radius 1 is 1.21 bits per heavy atom. The van der Waals surface area contributed by atoms with Crippen molar-refractivity contribution in [1.82, 2.24) is 0 Å². The summed E-state index contributed by atoms with van der Waals surface area (Å²) in [7, 11) is 1.75. The van der Waals surface area contributed by atoms with E-state index in [9.17, 15) is 0 Å². The van der Waals surface area contributed by atoms with Crippen molar-refractivity contribution in [3.05, 3.63) is 29.3 Å². The number of benzene rings is 1. The maximum Gasteiger partial charge on any atom is 0.119 e. The monoisotopic (exact) mass is 330 g/mol. The van der Waals surface area contributed by atoms with Gasteiger partial charge < -0.3 is 14.6 Å². The smallest absolute Gasteiger partial charge is 0.119 e. The molecule has 1 aromatic carbocycles. The summed E-state index contributed by atoms with van der Waals surface area (Å²) in [5, 5.41) is 9.11. The molecule has 0 bridgehead atoms. The van der Waals surface area contributed by atoms with Crippen molar-refractivity contribution in [1.29, 1.82) is 0 Å². The predicted molar refractivity (Wildman–Crippen MR) is 94.4 cm³/mol. The lowest BCUT2D eigenvalue weighted by Crippen LogP contribution is -2.44. The van der Waals surface area contributed by atoms with Crippen LogP contribution in [0.1, 0.15) is 56.1 Å². The van der Waals surface area contributed by atoms with Gasteiger partial charge in [0, 0.05) is 0 Å². The zero-order chi connectivity index (χ0) is 16.7. The first kappa shape index (κ1) is 16.4. The van der Waals surface area contributed by atoms with E-state index in [-0.39, 0.29) is 6.61 Å². The van der Waals surface area contributed by atoms with Crippen molar-refractivity contribution < 1.29 is 14.6 Å². The minimum Gasteiger partial charge on any atom is -0.497 e. The molecule has 3 heteroatoms. The van der Waals surface area contributed by atoms with E-state index in [4.69, 9.17) is 14.6 Å². The molecule has 0 aromatic heterocycles. The molecule has 5 unspecified atom stereocenters. The number of rotatable bonds is 4. The van der Waals surface area contributed by atoms with Crippen molar-refractivity contribution in [2.24, 2.45) is 17.3 Å². The lowest BCUT2D eigenvalue weighted by Gasteiger charge is -2.50. The quantitative estimate of drug-likeness (QED) is 0.909. The summed E-state index contributed by atoms with van der Waals surface area (Å²) in [6.45, 7) is 3.08. The zero-order valence-corrected chi connectivity index (χ0v) is 15.0. The highest BCUT2D eigenvalue weighted by molar-refractivity contribution is 5.40. The number of aryl methyl sites for hydroxylation is 1. The van der Waals surface area contributed by atoms with Crippen LogP contribution in [0.3, 0.4) is 0 Å². The summed E-state index contributed by atoms with van der Waals surface area (Å²) in [6, 6.07) is 6.71. The number of fused-ring (bicyclic) bond motifs is 5. The van der Waals surface area contributed by atoms with E-state index in [1.54, 1.807) is 12.7 Å². The summed E-state index contributed by atoms with van der Waals surface area (Å²) < 4.78 is 11.5. The molecule has 0 saturated heterocycles. The van der Waals surface area contributed by atoms with E-state index in [0.717, 1.165) is 17.6 Å². The fraction of sp³-hybridized carbons (Fsp3) is 0.714. The van der Waals surface area contributed by atoms with Crippen LogP contribution in [0.5, 0.6) is 5.75 Å². The Labute approximate surface area is 145 Å². The number of hydrogen-bond donors (Lipinski definition) is 1. The fourth-order valence-corrected chi connectivity index (χ4v) is 6.11. The van der Waals surface area contributed by atoms with Gasteiger partial charge in [-0.25, -0.2) is 0 Å². The minimum absolute atomic E-state index is 0.137. The number of ether oxygens (including phenoxy) is 2. The van der Waals surface area contributed by atoms with Gasteiger partial charge in [-0.3, -0.25) is 0 Å². The molecule has 0 radical (unpaired) electrons. The van der Waals surface area contributed by atoms with E-state index in [2.05, 4.69) is 25.1 Å². The third-order valence-corrected chi connectivity index (χ3v) is 7.26. The van der Waals surface area contributed by atoms with Gasteiger partial charge in [-0.15, -0.1) is 0 Å². The Kier molecular flexibility index (Phi) is 4.34. The SMILES string of the molecule is COc1ccc2c(c1)CCC1C2CCC2(C)C(OCCO)CCC12. The number of aliphatic hydroxyl groups excluding tert-OH is 1. The van der Waals surface area contributed by atoms with Crippen LogP contribution in [-0.4, -0.2) is 31.5 Å². The molecule has 4 rings (SSSR count). The summed E-state index contributed by atoms with van der Waals surface area (Å²) in [5.74, 6) is 3.28. The van der Waals surface area contributed by atoms with Crippen LogP contribution in [0, 0.1) is 17.3 Å². The van der Waals surface area contributed by atoms with Crippen molar-refractivity contribution in [2.75, 3.05) is 20.3 Å². The Hall–Kier alpha value is -1.06.